The molecule has 0 aromatic carbocycles. The molecule has 2 aliphatic heterocycles. The molecule has 2 fully saturated rings. The molecule has 98 valence electrons. The Morgan fingerprint density at radius 1 is 1.53 bits per heavy atom. The number of morpholine rings is 1. The number of ether oxygens (including phenoxy) is 1. The van der Waals surface area contributed by atoms with Crippen molar-refractivity contribution in [3.8, 4) is 0 Å². The van der Waals surface area contributed by atoms with Crippen LogP contribution in [0.1, 0.15) is 33.1 Å². The van der Waals surface area contributed by atoms with Crippen LogP contribution in [-0.4, -0.2) is 49.7 Å². The van der Waals surface area contributed by atoms with Gasteiger partial charge in [0.2, 0.25) is 5.91 Å². The average molecular weight is 240 g/mol. The van der Waals surface area contributed by atoms with Crippen LogP contribution < -0.4 is 5.32 Å². The van der Waals surface area contributed by atoms with Gasteiger partial charge in [-0.25, -0.2) is 0 Å². The Bertz CT molecular complexity index is 275. The lowest BCUT2D eigenvalue weighted by Crippen LogP contribution is -2.52. The van der Waals surface area contributed by atoms with Crippen LogP contribution in [-0.2, 0) is 9.53 Å². The number of hydrogen-bond acceptors (Lipinski definition) is 3. The lowest BCUT2D eigenvalue weighted by Gasteiger charge is -2.38. The quantitative estimate of drug-likeness (QED) is 0.800. The Labute approximate surface area is 104 Å². The van der Waals surface area contributed by atoms with E-state index in [9.17, 15) is 4.79 Å². The van der Waals surface area contributed by atoms with Gasteiger partial charge in [0.1, 0.15) is 0 Å². The van der Waals surface area contributed by atoms with Crippen molar-refractivity contribution in [3.05, 3.63) is 0 Å². The van der Waals surface area contributed by atoms with E-state index in [1.165, 1.54) is 0 Å². The van der Waals surface area contributed by atoms with Crippen molar-refractivity contribution < 1.29 is 9.53 Å². The number of nitrogens with zero attached hydrogens (tertiary/aromatic N) is 1. The van der Waals surface area contributed by atoms with Gasteiger partial charge < -0.3 is 15.0 Å². The third kappa shape index (κ3) is 2.47. The Morgan fingerprint density at radius 2 is 2.35 bits per heavy atom. The molecule has 4 nitrogen and oxygen atoms in total. The molecule has 0 aliphatic carbocycles. The normalized spacial score (nSPS) is 34.0. The second kappa shape index (κ2) is 5.36. The molecule has 4 heteroatoms. The molecule has 1 amide bonds. The molecule has 2 saturated heterocycles. The van der Waals surface area contributed by atoms with Crippen LogP contribution in [0.5, 0.6) is 0 Å². The first-order valence-electron chi connectivity index (χ1n) is 6.83. The van der Waals surface area contributed by atoms with Crippen molar-refractivity contribution in [2.45, 2.75) is 39.2 Å². The van der Waals surface area contributed by atoms with Crippen molar-refractivity contribution in [1.82, 2.24) is 10.2 Å². The van der Waals surface area contributed by atoms with Crippen LogP contribution in [0.2, 0.25) is 0 Å². The van der Waals surface area contributed by atoms with Crippen molar-refractivity contribution in [1.29, 1.82) is 0 Å². The zero-order chi connectivity index (χ0) is 12.3. The number of amides is 1. The van der Waals surface area contributed by atoms with Crippen LogP contribution >= 0.6 is 0 Å². The van der Waals surface area contributed by atoms with Gasteiger partial charge in [-0.1, -0.05) is 13.8 Å². The van der Waals surface area contributed by atoms with Crippen LogP contribution in [0, 0.1) is 5.41 Å². The van der Waals surface area contributed by atoms with Crippen molar-refractivity contribution in [3.63, 3.8) is 0 Å². The fraction of sp³-hybridized carbons (Fsp3) is 0.923. The lowest BCUT2D eigenvalue weighted by molar-refractivity contribution is -0.149. The van der Waals surface area contributed by atoms with Gasteiger partial charge in [-0.3, -0.25) is 4.79 Å². The van der Waals surface area contributed by atoms with E-state index in [0.29, 0.717) is 12.5 Å². The first kappa shape index (κ1) is 12.8. The first-order chi connectivity index (χ1) is 8.22. The minimum Gasteiger partial charge on any atom is -0.375 e. The minimum absolute atomic E-state index is 0.143. The zero-order valence-electron chi connectivity index (χ0n) is 11.0. The highest BCUT2D eigenvalue weighted by atomic mass is 16.5. The molecule has 17 heavy (non-hydrogen) atoms. The van der Waals surface area contributed by atoms with Gasteiger partial charge in [-0.2, -0.15) is 0 Å². The van der Waals surface area contributed by atoms with E-state index >= 15 is 0 Å². The maximum Gasteiger partial charge on any atom is 0.230 e. The Hall–Kier alpha value is -0.610. The monoisotopic (exact) mass is 240 g/mol. The molecule has 0 radical (unpaired) electrons. The summed E-state index contributed by atoms with van der Waals surface area (Å²) in [6.07, 6.45) is 3.14. The summed E-state index contributed by atoms with van der Waals surface area (Å²) in [6.45, 7) is 8.29. The van der Waals surface area contributed by atoms with Crippen molar-refractivity contribution >= 4 is 5.91 Å². The SMILES string of the molecule is CCC1CN(C(=O)C2(CC)CCNC2)CCO1. The number of carbonyl (C=O) groups excluding carboxylic acids is 1. The maximum absolute atomic E-state index is 12.6. The zero-order valence-corrected chi connectivity index (χ0v) is 11.0. The Kier molecular flexibility index (Phi) is 4.05. The summed E-state index contributed by atoms with van der Waals surface area (Å²) in [7, 11) is 0. The van der Waals surface area contributed by atoms with E-state index in [1.54, 1.807) is 0 Å². The molecule has 2 unspecified atom stereocenters. The third-order valence-electron chi connectivity index (χ3n) is 4.26. The van der Waals surface area contributed by atoms with Crippen molar-refractivity contribution in [2.24, 2.45) is 5.41 Å². The molecule has 0 spiro atoms. The van der Waals surface area contributed by atoms with Crippen LogP contribution in [0.15, 0.2) is 0 Å². The van der Waals surface area contributed by atoms with E-state index in [4.69, 9.17) is 4.74 Å². The fourth-order valence-electron chi connectivity index (χ4n) is 2.87. The fourth-order valence-corrected chi connectivity index (χ4v) is 2.87. The van der Waals surface area contributed by atoms with E-state index in [-0.39, 0.29) is 11.5 Å². The summed E-state index contributed by atoms with van der Waals surface area (Å²) >= 11 is 0. The van der Waals surface area contributed by atoms with E-state index in [2.05, 4.69) is 19.2 Å². The van der Waals surface area contributed by atoms with Gasteiger partial charge >= 0.3 is 0 Å². The number of nitrogens with one attached hydrogen (secondary N) is 1. The molecule has 0 aromatic heterocycles. The standard InChI is InChI=1S/C13H24N2O2/c1-3-11-9-15(7-8-17-11)12(16)13(4-2)5-6-14-10-13/h11,14H,3-10H2,1-2H3. The highest BCUT2D eigenvalue weighted by Crippen LogP contribution is 2.32. The van der Waals surface area contributed by atoms with Crippen molar-refractivity contribution in [2.75, 3.05) is 32.8 Å². The van der Waals surface area contributed by atoms with Crippen LogP contribution in [0.4, 0.5) is 0 Å². The highest BCUT2D eigenvalue weighted by Gasteiger charge is 2.42. The molecule has 0 bridgehead atoms. The Balaban J connectivity index is 2.03. The summed E-state index contributed by atoms with van der Waals surface area (Å²) in [5.41, 5.74) is -0.143. The van der Waals surface area contributed by atoms with E-state index in [1.807, 2.05) is 4.90 Å². The van der Waals surface area contributed by atoms with Gasteiger partial charge in [-0.15, -0.1) is 0 Å². The van der Waals surface area contributed by atoms with Gasteiger partial charge in [0.15, 0.2) is 0 Å². The van der Waals surface area contributed by atoms with Gasteiger partial charge in [0.05, 0.1) is 18.1 Å². The van der Waals surface area contributed by atoms with Gasteiger partial charge in [-0.05, 0) is 25.8 Å². The summed E-state index contributed by atoms with van der Waals surface area (Å²) in [4.78, 5) is 14.7. The predicted octanol–water partition coefficient (Wildman–Crippen LogP) is 1.01. The molecule has 0 saturated carbocycles. The number of carbonyl (C=O) groups is 1. The number of hydrogen-bond donors (Lipinski definition) is 1. The number of rotatable bonds is 3. The highest BCUT2D eigenvalue weighted by molar-refractivity contribution is 5.83. The molecular formula is C13H24N2O2. The van der Waals surface area contributed by atoms with E-state index in [0.717, 1.165) is 45.4 Å². The smallest absolute Gasteiger partial charge is 0.230 e. The molecule has 0 aromatic rings. The maximum atomic E-state index is 12.6. The third-order valence-corrected chi connectivity index (χ3v) is 4.26. The molecule has 2 atom stereocenters. The molecule has 2 aliphatic rings. The average Bonchev–Trinajstić information content (AvgIpc) is 2.88. The summed E-state index contributed by atoms with van der Waals surface area (Å²) in [5.74, 6) is 0.340. The summed E-state index contributed by atoms with van der Waals surface area (Å²) < 4.78 is 5.63. The summed E-state index contributed by atoms with van der Waals surface area (Å²) in [6, 6.07) is 0. The van der Waals surface area contributed by atoms with Gasteiger partial charge in [0.25, 0.3) is 0 Å². The molecule has 2 rings (SSSR count). The second-order valence-corrected chi connectivity index (χ2v) is 5.21. The van der Waals surface area contributed by atoms with Gasteiger partial charge in [0, 0.05) is 19.6 Å². The predicted molar refractivity (Wildman–Crippen MR) is 66.8 cm³/mol. The molecular weight excluding hydrogens is 216 g/mol. The minimum atomic E-state index is -0.143. The topological polar surface area (TPSA) is 41.6 Å². The summed E-state index contributed by atoms with van der Waals surface area (Å²) in [5, 5.41) is 3.33. The Morgan fingerprint density at radius 3 is 2.94 bits per heavy atom. The largest absolute Gasteiger partial charge is 0.375 e. The molecule has 2 heterocycles. The van der Waals surface area contributed by atoms with Crippen LogP contribution in [0.25, 0.3) is 0 Å². The lowest BCUT2D eigenvalue weighted by atomic mass is 9.82. The second-order valence-electron chi connectivity index (χ2n) is 5.21. The van der Waals surface area contributed by atoms with Crippen LogP contribution in [0.3, 0.4) is 0 Å². The molecule has 1 N–H and O–H groups in total. The van der Waals surface area contributed by atoms with E-state index < -0.39 is 0 Å². The first-order valence-corrected chi connectivity index (χ1v) is 6.83.